The predicted octanol–water partition coefficient (Wildman–Crippen LogP) is 4.84. The topological polar surface area (TPSA) is 76.8 Å². The first kappa shape index (κ1) is 20.3. The Morgan fingerprint density at radius 3 is 2.67 bits per heavy atom. The van der Waals surface area contributed by atoms with Crippen LogP contribution in [-0.2, 0) is 16.0 Å². The van der Waals surface area contributed by atoms with Crippen LogP contribution in [0.25, 0.3) is 11.0 Å². The van der Waals surface area contributed by atoms with E-state index in [-0.39, 0.29) is 17.5 Å². The fourth-order valence-corrected chi connectivity index (χ4v) is 4.13. The number of Topliss-reactive ketones (excluding diaryl/α,β-unsaturated/α-hetero) is 1. The van der Waals surface area contributed by atoms with Crippen molar-refractivity contribution in [1.29, 1.82) is 0 Å². The fraction of sp³-hybridized carbons (Fsp3) is 0.261. The quantitative estimate of drug-likeness (QED) is 0.403. The minimum atomic E-state index is -0.972. The van der Waals surface area contributed by atoms with Gasteiger partial charge in [-0.05, 0) is 62.2 Å². The molecule has 154 valence electrons. The number of furan rings is 1. The van der Waals surface area contributed by atoms with E-state index in [1.807, 2.05) is 12.1 Å². The highest BCUT2D eigenvalue weighted by molar-refractivity contribution is 9.10. The molecule has 1 aromatic heterocycles. The maximum Gasteiger partial charge on any atom is 0.375 e. The van der Waals surface area contributed by atoms with E-state index in [0.29, 0.717) is 29.7 Å². The van der Waals surface area contributed by atoms with Gasteiger partial charge in [-0.1, -0.05) is 15.9 Å². The Kier molecular flexibility index (Phi) is 5.24. The normalized spacial score (nSPS) is 13.9. The third kappa shape index (κ3) is 3.54. The van der Waals surface area contributed by atoms with Crippen LogP contribution >= 0.6 is 15.9 Å². The van der Waals surface area contributed by atoms with Gasteiger partial charge in [-0.2, -0.15) is 0 Å². The van der Waals surface area contributed by atoms with E-state index in [1.165, 1.54) is 6.92 Å². The molecular weight excluding hydrogens is 450 g/mol. The number of fused-ring (bicyclic) bond motifs is 2. The Hall–Kier alpha value is -2.93. The Labute approximate surface area is 181 Å². The van der Waals surface area contributed by atoms with Gasteiger partial charge < -0.3 is 14.1 Å². The number of rotatable bonds is 4. The summed E-state index contributed by atoms with van der Waals surface area (Å²) in [5, 5.41) is 0.809. The van der Waals surface area contributed by atoms with Gasteiger partial charge in [0.25, 0.3) is 0 Å². The highest BCUT2D eigenvalue weighted by Gasteiger charge is 2.27. The molecule has 0 aliphatic carbocycles. The van der Waals surface area contributed by atoms with E-state index >= 15 is 0 Å². The number of benzene rings is 2. The van der Waals surface area contributed by atoms with Crippen molar-refractivity contribution in [2.45, 2.75) is 33.3 Å². The smallest absolute Gasteiger partial charge is 0.375 e. The summed E-state index contributed by atoms with van der Waals surface area (Å²) >= 11 is 3.41. The lowest BCUT2D eigenvalue weighted by molar-refractivity contribution is -0.116. The van der Waals surface area contributed by atoms with Crippen LogP contribution in [-0.4, -0.2) is 30.3 Å². The second-order valence-corrected chi connectivity index (χ2v) is 8.29. The molecule has 1 atom stereocenters. The fourth-order valence-electron chi connectivity index (χ4n) is 3.77. The Morgan fingerprint density at radius 1 is 1.17 bits per heavy atom. The number of amides is 1. The molecule has 0 saturated heterocycles. The van der Waals surface area contributed by atoms with E-state index in [4.69, 9.17) is 9.15 Å². The van der Waals surface area contributed by atoms with Gasteiger partial charge in [0.05, 0.1) is 0 Å². The van der Waals surface area contributed by atoms with Crippen molar-refractivity contribution in [1.82, 2.24) is 0 Å². The molecule has 1 amide bonds. The SMILES string of the molecule is CC(=O)N1CCc2cc(C(=O)C(C)OC(=O)c3oc4ccc(Br)cc4c3C)ccc21. The largest absolute Gasteiger partial charge is 0.449 e. The van der Waals surface area contributed by atoms with Crippen LogP contribution in [0.3, 0.4) is 0 Å². The Balaban J connectivity index is 1.52. The molecule has 1 unspecified atom stereocenters. The molecule has 0 radical (unpaired) electrons. The second-order valence-electron chi connectivity index (χ2n) is 7.37. The lowest BCUT2D eigenvalue weighted by Gasteiger charge is -2.15. The Bertz CT molecular complexity index is 1200. The lowest BCUT2D eigenvalue weighted by atomic mass is 10.0. The van der Waals surface area contributed by atoms with Gasteiger partial charge in [0.1, 0.15) is 5.58 Å². The number of carbonyl (C=O) groups excluding carboxylic acids is 3. The molecule has 7 heteroatoms. The first-order chi connectivity index (χ1) is 14.3. The number of hydrogen-bond acceptors (Lipinski definition) is 5. The van der Waals surface area contributed by atoms with E-state index < -0.39 is 12.1 Å². The van der Waals surface area contributed by atoms with E-state index in [9.17, 15) is 14.4 Å². The summed E-state index contributed by atoms with van der Waals surface area (Å²) in [7, 11) is 0. The third-order valence-electron chi connectivity index (χ3n) is 5.38. The first-order valence-electron chi connectivity index (χ1n) is 9.61. The van der Waals surface area contributed by atoms with E-state index in [2.05, 4.69) is 15.9 Å². The minimum Gasteiger partial charge on any atom is -0.449 e. The number of nitrogens with zero attached hydrogens (tertiary/aromatic N) is 1. The van der Waals surface area contributed by atoms with Gasteiger partial charge in [-0.3, -0.25) is 9.59 Å². The number of ketones is 1. The number of anilines is 1. The molecule has 1 aliphatic heterocycles. The van der Waals surface area contributed by atoms with Crippen molar-refractivity contribution in [3.05, 3.63) is 63.3 Å². The average molecular weight is 470 g/mol. The van der Waals surface area contributed by atoms with Crippen molar-refractivity contribution in [3.63, 3.8) is 0 Å². The minimum absolute atomic E-state index is 0.0247. The van der Waals surface area contributed by atoms with Crippen LogP contribution in [0.2, 0.25) is 0 Å². The molecule has 0 bridgehead atoms. The summed E-state index contributed by atoms with van der Waals surface area (Å²) in [6, 6.07) is 10.7. The van der Waals surface area contributed by atoms with Gasteiger partial charge in [-0.15, -0.1) is 0 Å². The lowest BCUT2D eigenvalue weighted by Crippen LogP contribution is -2.26. The zero-order chi connectivity index (χ0) is 21.6. The molecule has 3 aromatic rings. The molecule has 0 spiro atoms. The maximum atomic E-state index is 12.8. The molecule has 4 rings (SSSR count). The van der Waals surface area contributed by atoms with Crippen LogP contribution in [0.5, 0.6) is 0 Å². The van der Waals surface area contributed by atoms with Crippen LogP contribution < -0.4 is 4.90 Å². The average Bonchev–Trinajstić information content (AvgIpc) is 3.28. The molecule has 6 nitrogen and oxygen atoms in total. The summed E-state index contributed by atoms with van der Waals surface area (Å²) in [6.45, 7) is 5.45. The van der Waals surface area contributed by atoms with Crippen LogP contribution in [0, 0.1) is 6.92 Å². The summed E-state index contributed by atoms with van der Waals surface area (Å²) in [5.41, 5.74) is 3.46. The molecular formula is C23H20BrNO5. The molecule has 0 fully saturated rings. The summed E-state index contributed by atoms with van der Waals surface area (Å²) in [6.07, 6.45) is -0.280. The summed E-state index contributed by atoms with van der Waals surface area (Å²) < 4.78 is 11.9. The van der Waals surface area contributed by atoms with Crippen molar-refractivity contribution >= 4 is 50.2 Å². The molecule has 2 aromatic carbocycles. The second kappa shape index (κ2) is 7.72. The third-order valence-corrected chi connectivity index (χ3v) is 5.87. The monoisotopic (exact) mass is 469 g/mol. The molecule has 0 N–H and O–H groups in total. The van der Waals surface area contributed by atoms with Gasteiger partial charge >= 0.3 is 5.97 Å². The zero-order valence-electron chi connectivity index (χ0n) is 16.8. The summed E-state index contributed by atoms with van der Waals surface area (Å²) in [5.74, 6) is -0.911. The molecule has 30 heavy (non-hydrogen) atoms. The van der Waals surface area contributed by atoms with Crippen LogP contribution in [0.15, 0.2) is 45.3 Å². The first-order valence-corrected chi connectivity index (χ1v) is 10.4. The molecule has 1 aliphatic rings. The van der Waals surface area contributed by atoms with Crippen LogP contribution in [0.1, 0.15) is 45.9 Å². The van der Waals surface area contributed by atoms with Crippen molar-refractivity contribution in [2.75, 3.05) is 11.4 Å². The van der Waals surface area contributed by atoms with Gasteiger partial charge in [0.2, 0.25) is 17.5 Å². The maximum absolute atomic E-state index is 12.8. The van der Waals surface area contributed by atoms with Gasteiger partial charge in [0, 0.05) is 40.1 Å². The number of esters is 1. The highest BCUT2D eigenvalue weighted by Crippen LogP contribution is 2.30. The van der Waals surface area contributed by atoms with E-state index in [1.54, 1.807) is 43.0 Å². The molecule has 2 heterocycles. The number of hydrogen-bond donors (Lipinski definition) is 0. The Morgan fingerprint density at radius 2 is 1.93 bits per heavy atom. The van der Waals surface area contributed by atoms with Crippen molar-refractivity contribution < 1.29 is 23.5 Å². The number of carbonyl (C=O) groups is 3. The van der Waals surface area contributed by atoms with Gasteiger partial charge in [-0.25, -0.2) is 4.79 Å². The standard InChI is InChI=1S/C23H20BrNO5/c1-12-18-11-17(24)5-7-20(18)30-22(12)23(28)29-13(2)21(27)16-4-6-19-15(10-16)8-9-25(19)14(3)26/h4-7,10-11,13H,8-9H2,1-3H3. The summed E-state index contributed by atoms with van der Waals surface area (Å²) in [4.78, 5) is 38.9. The van der Waals surface area contributed by atoms with E-state index in [0.717, 1.165) is 21.1 Å². The number of aryl methyl sites for hydroxylation is 1. The predicted molar refractivity (Wildman–Crippen MR) is 116 cm³/mol. The number of halogens is 1. The zero-order valence-corrected chi connectivity index (χ0v) is 18.4. The van der Waals surface area contributed by atoms with Crippen molar-refractivity contribution in [2.24, 2.45) is 0 Å². The highest BCUT2D eigenvalue weighted by atomic mass is 79.9. The molecule has 0 saturated carbocycles. The van der Waals surface area contributed by atoms with Gasteiger partial charge in [0.15, 0.2) is 6.10 Å². The van der Waals surface area contributed by atoms with Crippen molar-refractivity contribution in [3.8, 4) is 0 Å². The number of ether oxygens (including phenoxy) is 1. The van der Waals surface area contributed by atoms with Crippen LogP contribution in [0.4, 0.5) is 5.69 Å².